The number of rotatable bonds is 3. The fourth-order valence-corrected chi connectivity index (χ4v) is 2.71. The molecule has 1 aliphatic heterocycles. The lowest BCUT2D eigenvalue weighted by molar-refractivity contribution is -0.388. The molecule has 1 aromatic rings. The number of thioether (sulfide) groups is 1. The van der Waals surface area contributed by atoms with Crippen LogP contribution in [0, 0.1) is 10.1 Å². The minimum atomic E-state index is -0.454. The highest BCUT2D eigenvalue weighted by atomic mass is 32.2. The lowest BCUT2D eigenvalue weighted by Crippen LogP contribution is -2.20. The number of nitrogens with one attached hydrogen (secondary N) is 1. The molecular formula is C8H12N4O2S. The molecule has 1 aromatic heterocycles. The Labute approximate surface area is 91.2 Å². The van der Waals surface area contributed by atoms with Crippen LogP contribution in [0.2, 0.25) is 0 Å². The molecule has 1 unspecified atom stereocenters. The molecular weight excluding hydrogens is 216 g/mol. The van der Waals surface area contributed by atoms with Crippen LogP contribution in [-0.2, 0) is 7.05 Å². The summed E-state index contributed by atoms with van der Waals surface area (Å²) in [5.74, 6) is 2.54. The fraction of sp³-hybridized carbons (Fsp3) is 0.625. The highest BCUT2D eigenvalue weighted by Crippen LogP contribution is 2.26. The molecule has 0 saturated carbocycles. The maximum Gasteiger partial charge on any atom is 0.406 e. The van der Waals surface area contributed by atoms with Crippen molar-refractivity contribution in [3.8, 4) is 0 Å². The van der Waals surface area contributed by atoms with Crippen molar-refractivity contribution in [3.05, 3.63) is 16.4 Å². The maximum absolute atomic E-state index is 10.7. The minimum absolute atomic E-state index is 0.0885. The van der Waals surface area contributed by atoms with Crippen molar-refractivity contribution in [1.29, 1.82) is 0 Å². The third-order valence-electron chi connectivity index (χ3n) is 2.36. The van der Waals surface area contributed by atoms with Crippen molar-refractivity contribution in [2.24, 2.45) is 7.05 Å². The molecule has 2 heterocycles. The Morgan fingerprint density at radius 2 is 2.60 bits per heavy atom. The molecule has 0 bridgehead atoms. The lowest BCUT2D eigenvalue weighted by Gasteiger charge is -2.11. The van der Waals surface area contributed by atoms with Crippen molar-refractivity contribution in [3.63, 3.8) is 0 Å². The van der Waals surface area contributed by atoms with Crippen LogP contribution in [0.15, 0.2) is 6.33 Å². The third-order valence-corrected chi connectivity index (χ3v) is 3.52. The second-order valence-electron chi connectivity index (χ2n) is 3.49. The number of hydrogen-bond donors (Lipinski definition) is 1. The van der Waals surface area contributed by atoms with Gasteiger partial charge in [-0.05, 0) is 22.1 Å². The van der Waals surface area contributed by atoms with E-state index in [0.717, 1.165) is 17.9 Å². The standard InChI is InChI=1S/C8H12N4O2S/c1-11-5-9-7(12(13)14)8(11)10-6-2-3-15-4-6/h5-6,10H,2-4H2,1H3. The van der Waals surface area contributed by atoms with Gasteiger partial charge in [0, 0.05) is 18.8 Å². The number of aromatic nitrogens is 2. The topological polar surface area (TPSA) is 73.0 Å². The van der Waals surface area contributed by atoms with E-state index in [-0.39, 0.29) is 5.82 Å². The largest absolute Gasteiger partial charge is 0.406 e. The highest BCUT2D eigenvalue weighted by Gasteiger charge is 2.24. The Kier molecular flexibility index (Phi) is 2.81. The molecule has 15 heavy (non-hydrogen) atoms. The highest BCUT2D eigenvalue weighted by molar-refractivity contribution is 7.99. The summed E-state index contributed by atoms with van der Waals surface area (Å²) >= 11 is 1.86. The maximum atomic E-state index is 10.7. The zero-order chi connectivity index (χ0) is 10.8. The normalized spacial score (nSPS) is 20.5. The summed E-state index contributed by atoms with van der Waals surface area (Å²) in [5, 5.41) is 13.9. The summed E-state index contributed by atoms with van der Waals surface area (Å²) in [4.78, 5) is 14.0. The molecule has 2 rings (SSSR count). The van der Waals surface area contributed by atoms with E-state index in [4.69, 9.17) is 0 Å². The third kappa shape index (κ3) is 2.06. The molecule has 1 atom stereocenters. The summed E-state index contributed by atoms with van der Waals surface area (Å²) in [6, 6.07) is 0.323. The Morgan fingerprint density at radius 1 is 1.80 bits per heavy atom. The van der Waals surface area contributed by atoms with Gasteiger partial charge in [0.25, 0.3) is 0 Å². The molecule has 0 amide bonds. The molecule has 0 aliphatic carbocycles. The van der Waals surface area contributed by atoms with E-state index in [0.29, 0.717) is 11.9 Å². The zero-order valence-electron chi connectivity index (χ0n) is 8.34. The monoisotopic (exact) mass is 228 g/mol. The molecule has 1 fully saturated rings. The predicted molar refractivity (Wildman–Crippen MR) is 59.2 cm³/mol. The van der Waals surface area contributed by atoms with Gasteiger partial charge in [-0.2, -0.15) is 11.8 Å². The number of anilines is 1. The van der Waals surface area contributed by atoms with Gasteiger partial charge in [-0.1, -0.05) is 0 Å². The summed E-state index contributed by atoms with van der Waals surface area (Å²) in [6.45, 7) is 0. The summed E-state index contributed by atoms with van der Waals surface area (Å²) < 4.78 is 1.65. The molecule has 7 heteroatoms. The summed E-state index contributed by atoms with van der Waals surface area (Å²) in [5.41, 5.74) is 0. The fourth-order valence-electron chi connectivity index (χ4n) is 1.56. The number of nitro groups is 1. The molecule has 6 nitrogen and oxygen atoms in total. The van der Waals surface area contributed by atoms with Crippen LogP contribution < -0.4 is 5.32 Å². The van der Waals surface area contributed by atoms with Gasteiger partial charge in [0.1, 0.15) is 0 Å². The molecule has 0 spiro atoms. The Morgan fingerprint density at radius 3 is 3.20 bits per heavy atom. The number of aryl methyl sites for hydroxylation is 1. The van der Waals surface area contributed by atoms with E-state index in [2.05, 4.69) is 10.3 Å². The van der Waals surface area contributed by atoms with Gasteiger partial charge < -0.3 is 15.4 Å². The summed E-state index contributed by atoms with van der Waals surface area (Å²) in [7, 11) is 1.75. The smallest absolute Gasteiger partial charge is 0.361 e. The van der Waals surface area contributed by atoms with Gasteiger partial charge in [-0.25, -0.2) is 0 Å². The van der Waals surface area contributed by atoms with Crippen LogP contribution in [-0.4, -0.2) is 32.0 Å². The van der Waals surface area contributed by atoms with Crippen LogP contribution in [0.25, 0.3) is 0 Å². The quantitative estimate of drug-likeness (QED) is 0.622. The second-order valence-corrected chi connectivity index (χ2v) is 4.64. The van der Waals surface area contributed by atoms with E-state index >= 15 is 0 Å². The number of nitrogens with zero attached hydrogens (tertiary/aromatic N) is 3. The first-order chi connectivity index (χ1) is 7.18. The Bertz CT molecular complexity index is 373. The SMILES string of the molecule is Cn1cnc([N+](=O)[O-])c1NC1CCSC1. The minimum Gasteiger partial charge on any atom is -0.361 e. The van der Waals surface area contributed by atoms with Crippen LogP contribution in [0.3, 0.4) is 0 Å². The van der Waals surface area contributed by atoms with Gasteiger partial charge >= 0.3 is 5.82 Å². The van der Waals surface area contributed by atoms with Crippen molar-refractivity contribution in [2.75, 3.05) is 16.8 Å². The Balaban J connectivity index is 2.18. The van der Waals surface area contributed by atoms with Crippen molar-refractivity contribution in [2.45, 2.75) is 12.5 Å². The van der Waals surface area contributed by atoms with Gasteiger partial charge in [-0.15, -0.1) is 0 Å². The first kappa shape index (κ1) is 10.3. The van der Waals surface area contributed by atoms with E-state index in [1.54, 1.807) is 11.6 Å². The van der Waals surface area contributed by atoms with E-state index in [1.807, 2.05) is 11.8 Å². The number of hydrogen-bond acceptors (Lipinski definition) is 5. The average Bonchev–Trinajstić information content (AvgIpc) is 2.78. The predicted octanol–water partition coefficient (Wildman–Crippen LogP) is 1.25. The first-order valence-electron chi connectivity index (χ1n) is 4.68. The molecule has 1 saturated heterocycles. The Hall–Kier alpha value is -1.24. The zero-order valence-corrected chi connectivity index (χ0v) is 9.16. The first-order valence-corrected chi connectivity index (χ1v) is 5.84. The van der Waals surface area contributed by atoms with Crippen molar-refractivity contribution < 1.29 is 4.92 Å². The van der Waals surface area contributed by atoms with Crippen molar-refractivity contribution >= 4 is 23.4 Å². The van der Waals surface area contributed by atoms with Crippen LogP contribution in [0.1, 0.15) is 6.42 Å². The molecule has 1 N–H and O–H groups in total. The molecule has 0 aromatic carbocycles. The van der Waals surface area contributed by atoms with Gasteiger partial charge in [0.2, 0.25) is 12.1 Å². The number of imidazole rings is 1. The second kappa shape index (κ2) is 4.09. The summed E-state index contributed by atoms with van der Waals surface area (Å²) in [6.07, 6.45) is 2.51. The van der Waals surface area contributed by atoms with Crippen LogP contribution in [0.4, 0.5) is 11.6 Å². The van der Waals surface area contributed by atoms with E-state index in [1.165, 1.54) is 6.33 Å². The molecule has 0 radical (unpaired) electrons. The molecule has 1 aliphatic rings. The lowest BCUT2D eigenvalue weighted by atomic mass is 10.2. The molecule has 82 valence electrons. The van der Waals surface area contributed by atoms with Crippen LogP contribution >= 0.6 is 11.8 Å². The van der Waals surface area contributed by atoms with E-state index in [9.17, 15) is 10.1 Å². The van der Waals surface area contributed by atoms with Gasteiger partial charge in [0.15, 0.2) is 0 Å². The van der Waals surface area contributed by atoms with Gasteiger partial charge in [0.05, 0.1) is 0 Å². The van der Waals surface area contributed by atoms with Gasteiger partial charge in [-0.3, -0.25) is 4.57 Å². The average molecular weight is 228 g/mol. The van der Waals surface area contributed by atoms with Crippen molar-refractivity contribution in [1.82, 2.24) is 9.55 Å². The van der Waals surface area contributed by atoms with Crippen LogP contribution in [0.5, 0.6) is 0 Å². The van der Waals surface area contributed by atoms with E-state index < -0.39 is 4.92 Å².